The summed E-state index contributed by atoms with van der Waals surface area (Å²) >= 11 is 12.7. The second kappa shape index (κ2) is 8.76. The van der Waals surface area contributed by atoms with Crippen molar-refractivity contribution >= 4 is 58.3 Å². The summed E-state index contributed by atoms with van der Waals surface area (Å²) in [6.07, 6.45) is 1.45. The Morgan fingerprint density at radius 3 is 2.13 bits per heavy atom. The number of halogens is 2. The Hall–Kier alpha value is -1.76. The first-order valence-electron chi connectivity index (χ1n) is 6.57. The summed E-state index contributed by atoms with van der Waals surface area (Å²) < 4.78 is 0. The highest BCUT2D eigenvalue weighted by molar-refractivity contribution is 8.00. The van der Waals surface area contributed by atoms with Crippen LogP contribution in [0.1, 0.15) is 0 Å². The molecule has 23 heavy (non-hydrogen) atoms. The number of amides is 2. The highest BCUT2D eigenvalue weighted by Crippen LogP contribution is 2.14. The Morgan fingerprint density at radius 1 is 0.913 bits per heavy atom. The van der Waals surface area contributed by atoms with E-state index in [1.165, 1.54) is 18.0 Å². The predicted octanol–water partition coefficient (Wildman–Crippen LogP) is 3.70. The second-order valence-electron chi connectivity index (χ2n) is 4.46. The van der Waals surface area contributed by atoms with Gasteiger partial charge in [-0.25, -0.2) is 4.98 Å². The van der Waals surface area contributed by atoms with E-state index in [0.717, 1.165) is 0 Å². The Bertz CT molecular complexity index is 619. The van der Waals surface area contributed by atoms with Crippen LogP contribution in [0.4, 0.5) is 11.5 Å². The summed E-state index contributed by atoms with van der Waals surface area (Å²) in [7, 11) is 0. The van der Waals surface area contributed by atoms with Gasteiger partial charge < -0.3 is 10.6 Å². The monoisotopic (exact) mass is 369 g/mol. The van der Waals surface area contributed by atoms with Crippen LogP contribution in [0.3, 0.4) is 0 Å². The van der Waals surface area contributed by atoms with Crippen LogP contribution in [-0.4, -0.2) is 28.3 Å². The fourth-order valence-electron chi connectivity index (χ4n) is 1.60. The number of hydrogen-bond acceptors (Lipinski definition) is 4. The highest BCUT2D eigenvalue weighted by Gasteiger charge is 2.07. The maximum atomic E-state index is 11.8. The molecule has 2 aromatic rings. The van der Waals surface area contributed by atoms with Crippen molar-refractivity contribution in [3.63, 3.8) is 0 Å². The van der Waals surface area contributed by atoms with E-state index < -0.39 is 0 Å². The SMILES string of the molecule is O=C(CSCC(=O)Nc1ccc(Cl)cn1)Nc1ccc(Cl)cc1. The van der Waals surface area contributed by atoms with Gasteiger partial charge in [-0.3, -0.25) is 9.59 Å². The normalized spacial score (nSPS) is 10.2. The largest absolute Gasteiger partial charge is 0.325 e. The smallest absolute Gasteiger partial charge is 0.235 e. The lowest BCUT2D eigenvalue weighted by molar-refractivity contribution is -0.114. The molecule has 0 saturated heterocycles. The standard InChI is InChI=1S/C15H13Cl2N3O2S/c16-10-1-4-12(5-2-10)19-14(21)8-23-9-15(22)20-13-6-3-11(17)7-18-13/h1-7H,8-9H2,(H,19,21)(H,18,20,22). The number of thioether (sulfide) groups is 1. The van der Waals surface area contributed by atoms with Crippen LogP contribution in [0, 0.1) is 0 Å². The summed E-state index contributed by atoms with van der Waals surface area (Å²) in [5, 5.41) is 6.44. The molecule has 0 atom stereocenters. The van der Waals surface area contributed by atoms with Gasteiger partial charge in [0.25, 0.3) is 0 Å². The molecule has 0 saturated carbocycles. The van der Waals surface area contributed by atoms with Gasteiger partial charge in [0.2, 0.25) is 11.8 Å². The van der Waals surface area contributed by atoms with E-state index in [9.17, 15) is 9.59 Å². The number of carbonyl (C=O) groups excluding carboxylic acids is 2. The lowest BCUT2D eigenvalue weighted by Gasteiger charge is -2.06. The molecular formula is C15H13Cl2N3O2S. The number of benzene rings is 1. The van der Waals surface area contributed by atoms with E-state index in [2.05, 4.69) is 15.6 Å². The number of rotatable bonds is 6. The molecule has 0 radical (unpaired) electrons. The van der Waals surface area contributed by atoms with Crippen LogP contribution < -0.4 is 10.6 Å². The van der Waals surface area contributed by atoms with Crippen LogP contribution >= 0.6 is 35.0 Å². The molecule has 0 bridgehead atoms. The predicted molar refractivity (Wildman–Crippen MR) is 95.3 cm³/mol. The molecule has 1 heterocycles. The molecule has 1 aromatic heterocycles. The van der Waals surface area contributed by atoms with Gasteiger partial charge >= 0.3 is 0 Å². The van der Waals surface area contributed by atoms with Crippen molar-refractivity contribution in [1.82, 2.24) is 4.98 Å². The first-order chi connectivity index (χ1) is 11.0. The summed E-state index contributed by atoms with van der Waals surface area (Å²) in [5.41, 5.74) is 0.662. The van der Waals surface area contributed by atoms with E-state index >= 15 is 0 Å². The fourth-order valence-corrected chi connectivity index (χ4v) is 2.45. The first-order valence-corrected chi connectivity index (χ1v) is 8.48. The zero-order chi connectivity index (χ0) is 16.7. The van der Waals surface area contributed by atoms with Crippen molar-refractivity contribution in [3.8, 4) is 0 Å². The number of carbonyl (C=O) groups is 2. The van der Waals surface area contributed by atoms with Crippen molar-refractivity contribution in [1.29, 1.82) is 0 Å². The summed E-state index contributed by atoms with van der Waals surface area (Å²) in [5.74, 6) is 0.326. The van der Waals surface area contributed by atoms with Crippen molar-refractivity contribution in [3.05, 3.63) is 52.6 Å². The second-order valence-corrected chi connectivity index (χ2v) is 6.32. The Balaban J connectivity index is 1.69. The van der Waals surface area contributed by atoms with Gasteiger partial charge in [0, 0.05) is 16.9 Å². The number of aromatic nitrogens is 1. The molecule has 0 spiro atoms. The highest BCUT2D eigenvalue weighted by atomic mass is 35.5. The van der Waals surface area contributed by atoms with E-state index in [-0.39, 0.29) is 23.3 Å². The molecule has 0 unspecified atom stereocenters. The van der Waals surface area contributed by atoms with Crippen molar-refractivity contribution in [2.24, 2.45) is 0 Å². The molecule has 2 amide bonds. The first kappa shape index (κ1) is 17.6. The Labute approximate surface area is 147 Å². The number of anilines is 2. The van der Waals surface area contributed by atoms with Crippen molar-refractivity contribution < 1.29 is 9.59 Å². The summed E-state index contributed by atoms with van der Waals surface area (Å²) in [4.78, 5) is 27.4. The Morgan fingerprint density at radius 2 is 1.52 bits per heavy atom. The van der Waals surface area contributed by atoms with Crippen LogP contribution in [-0.2, 0) is 9.59 Å². The Kier molecular flexibility index (Phi) is 6.70. The number of nitrogens with one attached hydrogen (secondary N) is 2. The molecule has 0 aliphatic heterocycles. The number of nitrogens with zero attached hydrogens (tertiary/aromatic N) is 1. The lowest BCUT2D eigenvalue weighted by atomic mass is 10.3. The van der Waals surface area contributed by atoms with Gasteiger partial charge in [-0.1, -0.05) is 23.2 Å². The van der Waals surface area contributed by atoms with Crippen LogP contribution in [0.15, 0.2) is 42.6 Å². The summed E-state index contributed by atoms with van der Waals surface area (Å²) in [6, 6.07) is 10.1. The zero-order valence-electron chi connectivity index (χ0n) is 11.9. The van der Waals surface area contributed by atoms with Gasteiger partial charge in [0.05, 0.1) is 16.5 Å². The van der Waals surface area contributed by atoms with E-state index in [1.807, 2.05) is 0 Å². The van der Waals surface area contributed by atoms with E-state index in [1.54, 1.807) is 36.4 Å². The quantitative estimate of drug-likeness (QED) is 0.814. The topological polar surface area (TPSA) is 71.1 Å². The molecule has 8 heteroatoms. The van der Waals surface area contributed by atoms with Crippen molar-refractivity contribution in [2.45, 2.75) is 0 Å². The maximum Gasteiger partial charge on any atom is 0.235 e. The molecule has 5 nitrogen and oxygen atoms in total. The molecule has 1 aromatic carbocycles. The third-order valence-electron chi connectivity index (χ3n) is 2.59. The van der Waals surface area contributed by atoms with Gasteiger partial charge in [0.15, 0.2) is 0 Å². The maximum absolute atomic E-state index is 11.8. The van der Waals surface area contributed by atoms with Crippen molar-refractivity contribution in [2.75, 3.05) is 22.1 Å². The molecule has 0 aliphatic carbocycles. The molecule has 0 aliphatic rings. The van der Waals surface area contributed by atoms with E-state index in [0.29, 0.717) is 21.6 Å². The zero-order valence-corrected chi connectivity index (χ0v) is 14.2. The average molecular weight is 370 g/mol. The summed E-state index contributed by atoms with van der Waals surface area (Å²) in [6.45, 7) is 0. The lowest BCUT2D eigenvalue weighted by Crippen LogP contribution is -2.18. The van der Waals surface area contributed by atoms with Crippen LogP contribution in [0.25, 0.3) is 0 Å². The molecule has 120 valence electrons. The molecule has 2 rings (SSSR count). The van der Waals surface area contributed by atoms with Gasteiger partial charge in [-0.15, -0.1) is 11.8 Å². The van der Waals surface area contributed by atoms with Gasteiger partial charge in [-0.05, 0) is 36.4 Å². The number of hydrogen-bond donors (Lipinski definition) is 2. The third kappa shape index (κ3) is 6.48. The minimum absolute atomic E-state index is 0.151. The fraction of sp³-hybridized carbons (Fsp3) is 0.133. The minimum Gasteiger partial charge on any atom is -0.325 e. The molecule has 2 N–H and O–H groups in total. The van der Waals surface area contributed by atoms with Crippen LogP contribution in [0.2, 0.25) is 10.0 Å². The average Bonchev–Trinajstić information content (AvgIpc) is 2.52. The molecule has 0 fully saturated rings. The molecular weight excluding hydrogens is 357 g/mol. The van der Waals surface area contributed by atoms with Crippen LogP contribution in [0.5, 0.6) is 0 Å². The third-order valence-corrected chi connectivity index (χ3v) is 4.00. The van der Waals surface area contributed by atoms with E-state index in [4.69, 9.17) is 23.2 Å². The van der Waals surface area contributed by atoms with Gasteiger partial charge in [0.1, 0.15) is 5.82 Å². The number of pyridine rings is 1. The minimum atomic E-state index is -0.232. The van der Waals surface area contributed by atoms with Gasteiger partial charge in [-0.2, -0.15) is 0 Å².